The molecule has 0 saturated carbocycles. The largest absolute Gasteiger partial charge is 0.468 e. The van der Waals surface area contributed by atoms with Gasteiger partial charge in [0.05, 0.1) is 7.11 Å². The minimum Gasteiger partial charge on any atom is -0.468 e. The van der Waals surface area contributed by atoms with Crippen LogP contribution in [-0.2, 0) is 14.3 Å². The summed E-state index contributed by atoms with van der Waals surface area (Å²) in [5.74, 6) is -1.61. The normalized spacial score (nSPS) is 11.8. The third kappa shape index (κ3) is 2.93. The van der Waals surface area contributed by atoms with Crippen LogP contribution in [-0.4, -0.2) is 18.9 Å². The van der Waals surface area contributed by atoms with Crippen molar-refractivity contribution in [1.82, 2.24) is 0 Å². The summed E-state index contributed by atoms with van der Waals surface area (Å²) in [4.78, 5) is 24.2. The van der Waals surface area contributed by atoms with Crippen molar-refractivity contribution in [3.05, 3.63) is 59.2 Å². The Balaban J connectivity index is 2.74. The Kier molecular flexibility index (Phi) is 4.76. The third-order valence-corrected chi connectivity index (χ3v) is 4.00. The van der Waals surface area contributed by atoms with Gasteiger partial charge in [-0.1, -0.05) is 42.5 Å². The second kappa shape index (κ2) is 6.56. The molecule has 0 amide bonds. The first-order chi connectivity index (χ1) is 10.5. The molecule has 0 bridgehead atoms. The molecule has 1 unspecified atom stereocenters. The Morgan fingerprint density at radius 3 is 2.18 bits per heavy atom. The van der Waals surface area contributed by atoms with Crippen LogP contribution in [0.4, 0.5) is 0 Å². The lowest BCUT2D eigenvalue weighted by molar-refractivity contribution is -0.145. The van der Waals surface area contributed by atoms with Gasteiger partial charge in [-0.3, -0.25) is 9.59 Å². The van der Waals surface area contributed by atoms with Crippen LogP contribution in [0, 0.1) is 13.8 Å². The molecule has 0 aliphatic heterocycles. The summed E-state index contributed by atoms with van der Waals surface area (Å²) < 4.78 is 4.85. The van der Waals surface area contributed by atoms with E-state index in [-0.39, 0.29) is 5.78 Å². The molecule has 0 heterocycles. The molecular formula is C19H20O3. The van der Waals surface area contributed by atoms with Gasteiger partial charge in [-0.05, 0) is 48.6 Å². The van der Waals surface area contributed by atoms with Gasteiger partial charge in [-0.25, -0.2) is 0 Å². The van der Waals surface area contributed by atoms with Gasteiger partial charge >= 0.3 is 5.97 Å². The summed E-state index contributed by atoms with van der Waals surface area (Å²) in [6, 6.07) is 13.7. The van der Waals surface area contributed by atoms with Crippen LogP contribution in [0.1, 0.15) is 29.5 Å². The van der Waals surface area contributed by atoms with Crippen LogP contribution in [0.15, 0.2) is 42.5 Å². The van der Waals surface area contributed by atoms with Gasteiger partial charge in [0, 0.05) is 0 Å². The van der Waals surface area contributed by atoms with Gasteiger partial charge in [0.25, 0.3) is 0 Å². The zero-order valence-electron chi connectivity index (χ0n) is 13.3. The molecule has 0 saturated heterocycles. The monoisotopic (exact) mass is 296 g/mol. The number of carbonyl (C=O) groups is 2. The lowest BCUT2D eigenvalue weighted by Gasteiger charge is -2.20. The zero-order chi connectivity index (χ0) is 16.3. The van der Waals surface area contributed by atoms with Crippen molar-refractivity contribution in [3.63, 3.8) is 0 Å². The summed E-state index contributed by atoms with van der Waals surface area (Å²) in [5.41, 5.74) is 4.62. The van der Waals surface area contributed by atoms with Crippen molar-refractivity contribution < 1.29 is 14.3 Å². The van der Waals surface area contributed by atoms with Crippen molar-refractivity contribution in [2.24, 2.45) is 0 Å². The number of hydrogen-bond donors (Lipinski definition) is 0. The van der Waals surface area contributed by atoms with Crippen molar-refractivity contribution in [2.45, 2.75) is 26.7 Å². The molecule has 2 aromatic carbocycles. The number of benzene rings is 2. The molecule has 22 heavy (non-hydrogen) atoms. The first-order valence-electron chi connectivity index (χ1n) is 7.21. The maximum atomic E-state index is 12.2. The summed E-state index contributed by atoms with van der Waals surface area (Å²) >= 11 is 0. The highest BCUT2D eigenvalue weighted by Gasteiger charge is 2.30. The van der Waals surface area contributed by atoms with Gasteiger partial charge < -0.3 is 4.74 Å². The van der Waals surface area contributed by atoms with E-state index in [4.69, 9.17) is 4.74 Å². The molecule has 3 nitrogen and oxygen atoms in total. The van der Waals surface area contributed by atoms with Gasteiger partial charge in [0.1, 0.15) is 11.7 Å². The molecule has 3 heteroatoms. The van der Waals surface area contributed by atoms with E-state index in [9.17, 15) is 9.59 Å². The third-order valence-electron chi connectivity index (χ3n) is 4.00. The number of Topliss-reactive ketones (excluding diaryl/α,β-unsaturated/α-hetero) is 1. The average Bonchev–Trinajstić information content (AvgIpc) is 2.52. The zero-order valence-corrected chi connectivity index (χ0v) is 13.3. The second-order valence-electron chi connectivity index (χ2n) is 5.40. The lowest BCUT2D eigenvalue weighted by Crippen LogP contribution is -2.23. The lowest BCUT2D eigenvalue weighted by atomic mass is 9.83. The molecule has 0 spiro atoms. The number of ether oxygens (including phenoxy) is 1. The summed E-state index contributed by atoms with van der Waals surface area (Å²) in [6.07, 6.45) is 0. The summed E-state index contributed by atoms with van der Waals surface area (Å²) in [5, 5.41) is 0. The topological polar surface area (TPSA) is 43.4 Å². The minimum absolute atomic E-state index is 0.210. The van der Waals surface area contributed by atoms with Crippen LogP contribution < -0.4 is 0 Å². The molecule has 0 aromatic heterocycles. The van der Waals surface area contributed by atoms with E-state index in [1.54, 1.807) is 0 Å². The highest BCUT2D eigenvalue weighted by atomic mass is 16.5. The molecule has 0 fully saturated rings. The maximum Gasteiger partial charge on any atom is 0.320 e. The molecule has 114 valence electrons. The number of aryl methyl sites for hydroxylation is 1. The molecule has 2 aromatic rings. The van der Waals surface area contributed by atoms with E-state index in [1.807, 2.05) is 56.3 Å². The second-order valence-corrected chi connectivity index (χ2v) is 5.40. The number of ketones is 1. The quantitative estimate of drug-likeness (QED) is 0.636. The Labute approximate surface area is 130 Å². The summed E-state index contributed by atoms with van der Waals surface area (Å²) in [6.45, 7) is 5.34. The van der Waals surface area contributed by atoms with Crippen molar-refractivity contribution in [3.8, 4) is 11.1 Å². The molecule has 2 rings (SSSR count). The maximum absolute atomic E-state index is 12.2. The molecule has 0 aliphatic rings. The van der Waals surface area contributed by atoms with E-state index >= 15 is 0 Å². The predicted molar refractivity (Wildman–Crippen MR) is 86.8 cm³/mol. The van der Waals surface area contributed by atoms with Gasteiger partial charge in [-0.2, -0.15) is 0 Å². The molecule has 0 radical (unpaired) electrons. The number of carbonyl (C=O) groups excluding carboxylic acids is 2. The van der Waals surface area contributed by atoms with Crippen molar-refractivity contribution in [1.29, 1.82) is 0 Å². The SMILES string of the molecule is COC(=O)C(C(C)=O)c1c(-c2ccccc2)ccc(C)c1C. The van der Waals surface area contributed by atoms with E-state index in [0.29, 0.717) is 0 Å². The Morgan fingerprint density at radius 1 is 1.00 bits per heavy atom. The molecule has 1 atom stereocenters. The van der Waals surface area contributed by atoms with Crippen LogP contribution >= 0.6 is 0 Å². The highest BCUT2D eigenvalue weighted by molar-refractivity contribution is 6.05. The van der Waals surface area contributed by atoms with E-state index < -0.39 is 11.9 Å². The fourth-order valence-corrected chi connectivity index (χ4v) is 2.68. The smallest absolute Gasteiger partial charge is 0.320 e. The minimum atomic E-state index is -0.889. The van der Waals surface area contributed by atoms with Crippen molar-refractivity contribution >= 4 is 11.8 Å². The van der Waals surface area contributed by atoms with Crippen LogP contribution in [0.5, 0.6) is 0 Å². The highest BCUT2D eigenvalue weighted by Crippen LogP contribution is 2.34. The number of rotatable bonds is 4. The van der Waals surface area contributed by atoms with Crippen LogP contribution in [0.25, 0.3) is 11.1 Å². The van der Waals surface area contributed by atoms with Gasteiger partial charge in [0.2, 0.25) is 0 Å². The fraction of sp³-hybridized carbons (Fsp3) is 0.263. The van der Waals surface area contributed by atoms with Crippen molar-refractivity contribution in [2.75, 3.05) is 7.11 Å². The Morgan fingerprint density at radius 2 is 1.64 bits per heavy atom. The van der Waals surface area contributed by atoms with Gasteiger partial charge in [-0.15, -0.1) is 0 Å². The van der Waals surface area contributed by atoms with Crippen LogP contribution in [0.3, 0.4) is 0 Å². The first-order valence-corrected chi connectivity index (χ1v) is 7.21. The number of esters is 1. The molecule has 0 N–H and O–H groups in total. The van der Waals surface area contributed by atoms with Gasteiger partial charge in [0.15, 0.2) is 0 Å². The fourth-order valence-electron chi connectivity index (χ4n) is 2.68. The number of methoxy groups -OCH3 is 1. The first kappa shape index (κ1) is 16.0. The Hall–Kier alpha value is -2.42. The summed E-state index contributed by atoms with van der Waals surface area (Å²) in [7, 11) is 1.31. The average molecular weight is 296 g/mol. The predicted octanol–water partition coefficient (Wildman–Crippen LogP) is 3.82. The molecule has 0 aliphatic carbocycles. The van der Waals surface area contributed by atoms with E-state index in [1.165, 1.54) is 14.0 Å². The number of hydrogen-bond acceptors (Lipinski definition) is 3. The standard InChI is InChI=1S/C19H20O3/c1-12-10-11-16(15-8-6-5-7-9-15)17(13(12)2)18(14(3)20)19(21)22-4/h5-11,18H,1-4H3. The Bertz CT molecular complexity index is 702. The van der Waals surface area contributed by atoms with E-state index in [2.05, 4.69) is 0 Å². The van der Waals surface area contributed by atoms with E-state index in [0.717, 1.165) is 27.8 Å². The van der Waals surface area contributed by atoms with Crippen LogP contribution in [0.2, 0.25) is 0 Å². The molecular weight excluding hydrogens is 276 g/mol.